The number of hydrogen-bond acceptors (Lipinski definition) is 4. The first-order chi connectivity index (χ1) is 6.79. The fraction of sp³-hybridized carbons (Fsp3) is 0.222. The van der Waals surface area contributed by atoms with Gasteiger partial charge in [-0.15, -0.1) is 11.3 Å². The highest BCUT2D eigenvalue weighted by Crippen LogP contribution is 2.13. The Balaban J connectivity index is 2.22. The van der Waals surface area contributed by atoms with E-state index in [9.17, 15) is 4.79 Å². The second kappa shape index (κ2) is 3.71. The number of thiazole rings is 1. The first-order valence-electron chi connectivity index (χ1n) is 4.16. The molecule has 72 valence electrons. The summed E-state index contributed by atoms with van der Waals surface area (Å²) in [5.41, 5.74) is 0.594. The molecule has 2 rings (SSSR count). The van der Waals surface area contributed by atoms with Gasteiger partial charge in [-0.2, -0.15) is 0 Å². The van der Waals surface area contributed by atoms with Crippen molar-refractivity contribution in [2.75, 3.05) is 0 Å². The van der Waals surface area contributed by atoms with Crippen molar-refractivity contribution in [3.05, 3.63) is 34.3 Å². The van der Waals surface area contributed by atoms with Gasteiger partial charge in [0.05, 0.1) is 24.1 Å². The normalized spacial score (nSPS) is 10.4. The van der Waals surface area contributed by atoms with Crippen LogP contribution in [0.15, 0.2) is 18.7 Å². The maximum atomic E-state index is 10.6. The van der Waals surface area contributed by atoms with Crippen molar-refractivity contribution < 1.29 is 4.79 Å². The van der Waals surface area contributed by atoms with E-state index in [0.29, 0.717) is 12.2 Å². The summed E-state index contributed by atoms with van der Waals surface area (Å²) in [6.07, 6.45) is 5.84. The first-order valence-corrected chi connectivity index (χ1v) is 4.98. The van der Waals surface area contributed by atoms with Crippen molar-refractivity contribution in [1.29, 1.82) is 0 Å². The first kappa shape index (κ1) is 9.08. The third-order valence-corrected chi connectivity index (χ3v) is 2.76. The SMILES string of the molecule is Cc1ncc(Cn2cncc2C=O)s1. The van der Waals surface area contributed by atoms with Gasteiger partial charge in [0, 0.05) is 11.1 Å². The van der Waals surface area contributed by atoms with E-state index in [2.05, 4.69) is 9.97 Å². The predicted molar refractivity (Wildman–Crippen MR) is 53.6 cm³/mol. The zero-order valence-electron chi connectivity index (χ0n) is 7.67. The van der Waals surface area contributed by atoms with Crippen LogP contribution in [0.5, 0.6) is 0 Å². The van der Waals surface area contributed by atoms with Crippen LogP contribution in [-0.4, -0.2) is 20.8 Å². The van der Waals surface area contributed by atoms with Crippen LogP contribution in [-0.2, 0) is 6.54 Å². The summed E-state index contributed by atoms with van der Waals surface area (Å²) in [7, 11) is 0. The van der Waals surface area contributed by atoms with Gasteiger partial charge in [-0.1, -0.05) is 0 Å². The number of carbonyl (C=O) groups excluding carboxylic acids is 1. The van der Waals surface area contributed by atoms with Gasteiger partial charge in [0.15, 0.2) is 6.29 Å². The van der Waals surface area contributed by atoms with Gasteiger partial charge in [-0.3, -0.25) is 4.79 Å². The molecule has 2 aromatic rings. The average molecular weight is 207 g/mol. The highest BCUT2D eigenvalue weighted by Gasteiger charge is 2.03. The number of imidazole rings is 1. The molecule has 0 radical (unpaired) electrons. The minimum Gasteiger partial charge on any atom is -0.323 e. The van der Waals surface area contributed by atoms with Crippen molar-refractivity contribution in [2.45, 2.75) is 13.5 Å². The van der Waals surface area contributed by atoms with Crippen LogP contribution in [0.25, 0.3) is 0 Å². The molecule has 0 aliphatic rings. The molecule has 0 unspecified atom stereocenters. The largest absolute Gasteiger partial charge is 0.323 e. The Morgan fingerprint density at radius 1 is 1.57 bits per heavy atom. The van der Waals surface area contributed by atoms with Crippen LogP contribution in [0.1, 0.15) is 20.4 Å². The monoisotopic (exact) mass is 207 g/mol. The molecular formula is C9H9N3OS. The summed E-state index contributed by atoms with van der Waals surface area (Å²) in [6, 6.07) is 0. The van der Waals surface area contributed by atoms with Crippen LogP contribution in [0.3, 0.4) is 0 Å². The van der Waals surface area contributed by atoms with Gasteiger partial charge >= 0.3 is 0 Å². The standard InChI is InChI=1S/C9H9N3OS/c1-7-11-3-9(14-7)4-12-6-10-2-8(12)5-13/h2-3,5-6H,4H2,1H3. The van der Waals surface area contributed by atoms with E-state index in [1.807, 2.05) is 13.1 Å². The van der Waals surface area contributed by atoms with Gasteiger partial charge in [0.25, 0.3) is 0 Å². The highest BCUT2D eigenvalue weighted by atomic mass is 32.1. The van der Waals surface area contributed by atoms with Gasteiger partial charge in [0.2, 0.25) is 0 Å². The van der Waals surface area contributed by atoms with Crippen LogP contribution in [0.4, 0.5) is 0 Å². The number of aldehydes is 1. The highest BCUT2D eigenvalue weighted by molar-refractivity contribution is 7.11. The Kier molecular flexibility index (Phi) is 2.41. The summed E-state index contributed by atoms with van der Waals surface area (Å²) in [5, 5.41) is 1.03. The molecule has 0 aromatic carbocycles. The predicted octanol–water partition coefficient (Wildman–Crippen LogP) is 1.51. The van der Waals surface area contributed by atoms with E-state index in [1.54, 1.807) is 28.4 Å². The van der Waals surface area contributed by atoms with Crippen LogP contribution >= 0.6 is 11.3 Å². The maximum absolute atomic E-state index is 10.6. The quantitative estimate of drug-likeness (QED) is 0.717. The number of aromatic nitrogens is 3. The molecule has 5 heteroatoms. The average Bonchev–Trinajstić information content (AvgIpc) is 2.76. The van der Waals surface area contributed by atoms with Crippen LogP contribution in [0, 0.1) is 6.92 Å². The Morgan fingerprint density at radius 2 is 2.43 bits per heavy atom. The zero-order chi connectivity index (χ0) is 9.97. The molecule has 0 N–H and O–H groups in total. The lowest BCUT2D eigenvalue weighted by molar-refractivity contribution is 0.111. The van der Waals surface area contributed by atoms with Gasteiger partial charge in [-0.25, -0.2) is 9.97 Å². The molecule has 0 spiro atoms. The fourth-order valence-electron chi connectivity index (χ4n) is 1.21. The molecule has 0 saturated heterocycles. The summed E-state index contributed by atoms with van der Waals surface area (Å²) < 4.78 is 1.81. The zero-order valence-corrected chi connectivity index (χ0v) is 8.49. The molecule has 0 atom stereocenters. The van der Waals surface area contributed by atoms with E-state index >= 15 is 0 Å². The van der Waals surface area contributed by atoms with Crippen LogP contribution in [0.2, 0.25) is 0 Å². The third kappa shape index (κ3) is 1.72. The van der Waals surface area contributed by atoms with Crippen LogP contribution < -0.4 is 0 Å². The Bertz CT molecular complexity index is 446. The Labute approximate surface area is 85.2 Å². The molecule has 0 aliphatic heterocycles. The van der Waals surface area contributed by atoms with Gasteiger partial charge in [-0.05, 0) is 6.92 Å². The van der Waals surface area contributed by atoms with E-state index in [-0.39, 0.29) is 0 Å². The molecule has 0 amide bonds. The minimum atomic E-state index is 0.594. The molecule has 0 fully saturated rings. The summed E-state index contributed by atoms with van der Waals surface area (Å²) in [6.45, 7) is 2.63. The van der Waals surface area contributed by atoms with Crippen molar-refractivity contribution in [1.82, 2.24) is 14.5 Å². The number of nitrogens with zero attached hydrogens (tertiary/aromatic N) is 3. The summed E-state index contributed by atoms with van der Waals surface area (Å²) in [5.74, 6) is 0. The molecule has 0 aliphatic carbocycles. The molecular weight excluding hydrogens is 198 g/mol. The number of carbonyl (C=O) groups is 1. The molecule has 0 saturated carbocycles. The van der Waals surface area contributed by atoms with Gasteiger partial charge < -0.3 is 4.57 Å². The number of hydrogen-bond donors (Lipinski definition) is 0. The topological polar surface area (TPSA) is 47.8 Å². The lowest BCUT2D eigenvalue weighted by Crippen LogP contribution is -2.00. The molecule has 0 bridgehead atoms. The van der Waals surface area contributed by atoms with E-state index in [1.165, 1.54) is 0 Å². The second-order valence-electron chi connectivity index (χ2n) is 2.91. The molecule has 2 heterocycles. The number of aryl methyl sites for hydroxylation is 1. The lowest BCUT2D eigenvalue weighted by Gasteiger charge is -1.99. The minimum absolute atomic E-state index is 0.594. The molecule has 4 nitrogen and oxygen atoms in total. The van der Waals surface area contributed by atoms with Crippen molar-refractivity contribution in [3.8, 4) is 0 Å². The number of rotatable bonds is 3. The van der Waals surface area contributed by atoms with Crippen molar-refractivity contribution in [2.24, 2.45) is 0 Å². The second-order valence-corrected chi connectivity index (χ2v) is 4.23. The summed E-state index contributed by atoms with van der Waals surface area (Å²) >= 11 is 1.63. The van der Waals surface area contributed by atoms with Crippen molar-refractivity contribution in [3.63, 3.8) is 0 Å². The molecule has 14 heavy (non-hydrogen) atoms. The maximum Gasteiger partial charge on any atom is 0.168 e. The Morgan fingerprint density at radius 3 is 3.07 bits per heavy atom. The molecule has 2 aromatic heterocycles. The van der Waals surface area contributed by atoms with Gasteiger partial charge in [0.1, 0.15) is 5.69 Å². The lowest BCUT2D eigenvalue weighted by atomic mass is 10.4. The van der Waals surface area contributed by atoms with E-state index < -0.39 is 0 Å². The van der Waals surface area contributed by atoms with E-state index in [0.717, 1.165) is 16.2 Å². The van der Waals surface area contributed by atoms with E-state index in [4.69, 9.17) is 0 Å². The van der Waals surface area contributed by atoms with Crippen molar-refractivity contribution >= 4 is 17.6 Å². The fourth-order valence-corrected chi connectivity index (χ4v) is 2.00. The third-order valence-electron chi connectivity index (χ3n) is 1.86. The summed E-state index contributed by atoms with van der Waals surface area (Å²) in [4.78, 5) is 19.8. The Hall–Kier alpha value is -1.49. The smallest absolute Gasteiger partial charge is 0.168 e.